The average Bonchev–Trinajstić information content (AvgIpc) is 3.05. The molecule has 1 aliphatic rings. The van der Waals surface area contributed by atoms with Crippen LogP contribution in [0.1, 0.15) is 31.4 Å². The molecule has 152 valence electrons. The first-order valence-electron chi connectivity index (χ1n) is 9.51. The zero-order chi connectivity index (χ0) is 20.6. The van der Waals surface area contributed by atoms with E-state index in [1.54, 1.807) is 23.0 Å². The Morgan fingerprint density at radius 3 is 2.69 bits per heavy atom. The summed E-state index contributed by atoms with van der Waals surface area (Å²) in [5.41, 5.74) is 2.27. The largest absolute Gasteiger partial charge is 0.326 e. The second kappa shape index (κ2) is 7.57. The number of carbonyl (C=O) groups excluding carboxylic acids is 1. The minimum absolute atomic E-state index is 0.0186. The number of nitrogens with one attached hydrogen (secondary N) is 1. The number of aromatic nitrogens is 3. The summed E-state index contributed by atoms with van der Waals surface area (Å²) in [4.78, 5) is 15.8. The van der Waals surface area contributed by atoms with Gasteiger partial charge >= 0.3 is 0 Å². The molecular weight excluding hydrogens is 390 g/mol. The summed E-state index contributed by atoms with van der Waals surface area (Å²) in [7, 11) is -1.77. The van der Waals surface area contributed by atoms with Gasteiger partial charge in [-0.25, -0.2) is 13.4 Å². The monoisotopic (exact) mass is 413 g/mol. The summed E-state index contributed by atoms with van der Waals surface area (Å²) < 4.78 is 29.6. The van der Waals surface area contributed by atoms with Gasteiger partial charge in [0.15, 0.2) is 5.65 Å². The summed E-state index contributed by atoms with van der Waals surface area (Å²) in [6.07, 6.45) is 3.39. The molecule has 0 aliphatic carbocycles. The Morgan fingerprint density at radius 1 is 1.21 bits per heavy atom. The second-order valence-electron chi connectivity index (χ2n) is 7.29. The van der Waals surface area contributed by atoms with Gasteiger partial charge in [-0.3, -0.25) is 9.48 Å². The van der Waals surface area contributed by atoms with Crippen molar-refractivity contribution in [3.05, 3.63) is 48.3 Å². The first-order valence-corrected chi connectivity index (χ1v) is 11.0. The van der Waals surface area contributed by atoms with Crippen LogP contribution in [0.3, 0.4) is 0 Å². The lowest BCUT2D eigenvalue weighted by Crippen LogP contribution is -2.39. The van der Waals surface area contributed by atoms with Crippen LogP contribution >= 0.6 is 0 Å². The van der Waals surface area contributed by atoms with Crippen LogP contribution in [-0.4, -0.2) is 46.5 Å². The SMILES string of the molecule is CC(=O)Nc1ccc(S(=O)(=O)N2CCC[C@@H](c3nn(C)c4ncccc34)C2)cc1. The van der Waals surface area contributed by atoms with E-state index in [1.807, 2.05) is 19.2 Å². The van der Waals surface area contributed by atoms with E-state index < -0.39 is 10.0 Å². The number of carbonyl (C=O) groups is 1. The van der Waals surface area contributed by atoms with Crippen LogP contribution in [0.5, 0.6) is 0 Å². The highest BCUT2D eigenvalue weighted by atomic mass is 32.2. The fourth-order valence-electron chi connectivity index (χ4n) is 3.87. The van der Waals surface area contributed by atoms with Crippen molar-refractivity contribution < 1.29 is 13.2 Å². The van der Waals surface area contributed by atoms with Gasteiger partial charge in [0.05, 0.1) is 10.6 Å². The Morgan fingerprint density at radius 2 is 1.97 bits per heavy atom. The van der Waals surface area contributed by atoms with Crippen LogP contribution in [-0.2, 0) is 21.9 Å². The van der Waals surface area contributed by atoms with Gasteiger partial charge in [-0.2, -0.15) is 9.40 Å². The normalized spacial score (nSPS) is 18.1. The molecule has 1 aliphatic heterocycles. The molecule has 2 aromatic heterocycles. The van der Waals surface area contributed by atoms with Gasteiger partial charge in [-0.1, -0.05) is 0 Å². The number of anilines is 1. The fourth-order valence-corrected chi connectivity index (χ4v) is 5.39. The van der Waals surface area contributed by atoms with E-state index in [0.717, 1.165) is 29.6 Å². The number of amides is 1. The van der Waals surface area contributed by atoms with Gasteiger partial charge in [0, 0.05) is 50.2 Å². The molecule has 4 rings (SSSR count). The zero-order valence-electron chi connectivity index (χ0n) is 16.4. The highest BCUT2D eigenvalue weighted by Crippen LogP contribution is 2.33. The number of pyridine rings is 1. The van der Waals surface area contributed by atoms with Crippen molar-refractivity contribution in [1.82, 2.24) is 19.1 Å². The molecule has 1 atom stereocenters. The molecule has 0 radical (unpaired) electrons. The van der Waals surface area contributed by atoms with E-state index in [9.17, 15) is 13.2 Å². The number of aryl methyl sites for hydroxylation is 1. The third-order valence-electron chi connectivity index (χ3n) is 5.21. The van der Waals surface area contributed by atoms with Gasteiger partial charge in [0.2, 0.25) is 15.9 Å². The molecule has 9 heteroatoms. The fraction of sp³-hybridized carbons (Fsp3) is 0.350. The van der Waals surface area contributed by atoms with Crippen molar-refractivity contribution in [1.29, 1.82) is 0 Å². The molecule has 1 fully saturated rings. The molecule has 1 saturated heterocycles. The number of sulfonamides is 1. The van der Waals surface area contributed by atoms with E-state index in [4.69, 9.17) is 0 Å². The van der Waals surface area contributed by atoms with Crippen LogP contribution in [0, 0.1) is 0 Å². The lowest BCUT2D eigenvalue weighted by Gasteiger charge is -2.31. The lowest BCUT2D eigenvalue weighted by molar-refractivity contribution is -0.114. The topological polar surface area (TPSA) is 97.2 Å². The van der Waals surface area contributed by atoms with E-state index in [-0.39, 0.29) is 16.7 Å². The Hall–Kier alpha value is -2.78. The Bertz CT molecular complexity index is 1150. The molecule has 0 spiro atoms. The van der Waals surface area contributed by atoms with Crippen molar-refractivity contribution in [3.8, 4) is 0 Å². The van der Waals surface area contributed by atoms with Gasteiger partial charge < -0.3 is 5.32 Å². The molecule has 1 amide bonds. The predicted octanol–water partition coefficient (Wildman–Crippen LogP) is 2.50. The summed E-state index contributed by atoms with van der Waals surface area (Å²) >= 11 is 0. The number of fused-ring (bicyclic) bond motifs is 1. The Balaban J connectivity index is 1.59. The van der Waals surface area contributed by atoms with Crippen LogP contribution in [0.25, 0.3) is 11.0 Å². The van der Waals surface area contributed by atoms with Gasteiger partial charge in [-0.15, -0.1) is 0 Å². The van der Waals surface area contributed by atoms with Crippen LogP contribution in [0.15, 0.2) is 47.5 Å². The Labute approximate surface area is 169 Å². The number of rotatable bonds is 4. The minimum atomic E-state index is -3.62. The first kappa shape index (κ1) is 19.5. The van der Waals surface area contributed by atoms with Crippen LogP contribution in [0.4, 0.5) is 5.69 Å². The molecule has 3 aromatic rings. The number of hydrogen-bond donors (Lipinski definition) is 1. The highest BCUT2D eigenvalue weighted by molar-refractivity contribution is 7.89. The first-order chi connectivity index (χ1) is 13.9. The predicted molar refractivity (Wildman–Crippen MR) is 110 cm³/mol. The van der Waals surface area contributed by atoms with E-state index >= 15 is 0 Å². The molecule has 0 unspecified atom stereocenters. The maximum atomic E-state index is 13.2. The maximum Gasteiger partial charge on any atom is 0.243 e. The molecule has 8 nitrogen and oxygen atoms in total. The molecule has 1 N–H and O–H groups in total. The van der Waals surface area contributed by atoms with Gasteiger partial charge in [0.1, 0.15) is 0 Å². The minimum Gasteiger partial charge on any atom is -0.326 e. The summed E-state index contributed by atoms with van der Waals surface area (Å²) in [5, 5.41) is 8.25. The molecule has 0 bridgehead atoms. The van der Waals surface area contributed by atoms with Gasteiger partial charge in [-0.05, 0) is 49.2 Å². The number of piperidine rings is 1. The molecular formula is C20H23N5O3S. The van der Waals surface area contributed by atoms with Crippen molar-refractivity contribution in [2.24, 2.45) is 7.05 Å². The van der Waals surface area contributed by atoms with E-state index in [1.165, 1.54) is 23.4 Å². The molecule has 29 heavy (non-hydrogen) atoms. The average molecular weight is 414 g/mol. The van der Waals surface area contributed by atoms with E-state index in [2.05, 4.69) is 15.4 Å². The smallest absolute Gasteiger partial charge is 0.243 e. The van der Waals surface area contributed by atoms with Crippen LogP contribution < -0.4 is 5.32 Å². The van der Waals surface area contributed by atoms with Crippen molar-refractivity contribution in [2.75, 3.05) is 18.4 Å². The maximum absolute atomic E-state index is 13.2. The third-order valence-corrected chi connectivity index (χ3v) is 7.09. The molecule has 3 heterocycles. The van der Waals surface area contributed by atoms with Crippen LogP contribution in [0.2, 0.25) is 0 Å². The Kier molecular flexibility index (Phi) is 5.10. The van der Waals surface area contributed by atoms with Crippen molar-refractivity contribution >= 4 is 32.7 Å². The quantitative estimate of drug-likeness (QED) is 0.709. The van der Waals surface area contributed by atoms with Gasteiger partial charge in [0.25, 0.3) is 0 Å². The highest BCUT2D eigenvalue weighted by Gasteiger charge is 2.33. The zero-order valence-corrected chi connectivity index (χ0v) is 17.2. The standard InChI is InChI=1S/C20H23N5O3S/c1-14(26)22-16-7-9-17(10-8-16)29(27,28)25-12-4-5-15(13-25)19-18-6-3-11-21-20(18)24(2)23-19/h3,6-11,15H,4-5,12-13H2,1-2H3,(H,22,26)/t15-/m1/s1. The molecule has 0 saturated carbocycles. The summed E-state index contributed by atoms with van der Waals surface area (Å²) in [6, 6.07) is 10.1. The summed E-state index contributed by atoms with van der Waals surface area (Å²) in [5.74, 6) is -0.179. The lowest BCUT2D eigenvalue weighted by atomic mass is 9.94. The summed E-state index contributed by atoms with van der Waals surface area (Å²) in [6.45, 7) is 2.28. The molecule has 1 aromatic carbocycles. The third kappa shape index (κ3) is 3.75. The van der Waals surface area contributed by atoms with Crippen molar-refractivity contribution in [3.63, 3.8) is 0 Å². The second-order valence-corrected chi connectivity index (χ2v) is 9.23. The number of nitrogens with zero attached hydrogens (tertiary/aromatic N) is 4. The number of benzene rings is 1. The number of hydrogen-bond acceptors (Lipinski definition) is 5. The van der Waals surface area contributed by atoms with Crippen molar-refractivity contribution in [2.45, 2.75) is 30.6 Å². The van der Waals surface area contributed by atoms with E-state index in [0.29, 0.717) is 18.8 Å².